The molecule has 1 aliphatic rings. The molecule has 164 valence electrons. The first-order valence-electron chi connectivity index (χ1n) is 10.9. The van der Waals surface area contributed by atoms with Gasteiger partial charge in [-0.25, -0.2) is 0 Å². The highest BCUT2D eigenvalue weighted by atomic mass is 32.1. The first-order valence-corrected chi connectivity index (χ1v) is 21.3. The van der Waals surface area contributed by atoms with Crippen LogP contribution in [0.25, 0.3) is 30.7 Å². The van der Waals surface area contributed by atoms with E-state index in [0.29, 0.717) is 0 Å². The summed E-state index contributed by atoms with van der Waals surface area (Å²) >= 11 is 7.65. The van der Waals surface area contributed by atoms with E-state index in [2.05, 4.69) is 98.6 Å². The van der Waals surface area contributed by atoms with Gasteiger partial charge in [-0.3, -0.25) is 0 Å². The van der Waals surface area contributed by atoms with Crippen LogP contribution in [0.5, 0.6) is 0 Å². The van der Waals surface area contributed by atoms with Gasteiger partial charge in [-0.05, 0) is 68.7 Å². The van der Waals surface area contributed by atoms with Crippen LogP contribution < -0.4 is 0 Å². The van der Waals surface area contributed by atoms with E-state index < -0.39 is 16.1 Å². The van der Waals surface area contributed by atoms with E-state index in [9.17, 15) is 0 Å². The van der Waals surface area contributed by atoms with Gasteiger partial charge in [0.1, 0.15) is 0 Å². The van der Waals surface area contributed by atoms with E-state index in [1.807, 2.05) is 45.3 Å². The molecule has 0 spiro atoms. The maximum atomic E-state index is 2.52. The molecular formula is C26H28S4Si2. The lowest BCUT2D eigenvalue weighted by Gasteiger charge is -2.42. The van der Waals surface area contributed by atoms with Crippen molar-refractivity contribution in [1.82, 2.24) is 0 Å². The summed E-state index contributed by atoms with van der Waals surface area (Å²) < 4.78 is 0. The minimum atomic E-state index is -1.54. The Morgan fingerprint density at radius 3 is 1.16 bits per heavy atom. The Balaban J connectivity index is 1.65. The second-order valence-corrected chi connectivity index (χ2v) is 24.3. The number of thiophene rings is 4. The van der Waals surface area contributed by atoms with Gasteiger partial charge in [-0.2, -0.15) is 0 Å². The smallest absolute Gasteiger partial charge is 0.0792 e. The van der Waals surface area contributed by atoms with Crippen LogP contribution in [0.1, 0.15) is 9.75 Å². The normalized spacial score (nSPS) is 14.9. The van der Waals surface area contributed by atoms with Crippen molar-refractivity contribution in [3.63, 3.8) is 0 Å². The SMILES string of the molecule is C[Si](C)(C)C1=C(c2ccc(-c3cccs3)s2)C([Si](C)(C)C)=C1c1ccc(-c2cccs2)s1. The van der Waals surface area contributed by atoms with Gasteiger partial charge in [0.05, 0.1) is 16.1 Å². The van der Waals surface area contributed by atoms with E-state index in [4.69, 9.17) is 0 Å². The second kappa shape index (κ2) is 8.18. The molecule has 0 amide bonds. The Bertz CT molecular complexity index is 1200. The Morgan fingerprint density at radius 2 is 0.844 bits per heavy atom. The van der Waals surface area contributed by atoms with Gasteiger partial charge in [0.15, 0.2) is 0 Å². The summed E-state index contributed by atoms with van der Waals surface area (Å²) in [4.78, 5) is 8.51. The van der Waals surface area contributed by atoms with Crippen molar-refractivity contribution in [1.29, 1.82) is 0 Å². The molecule has 1 aliphatic carbocycles. The van der Waals surface area contributed by atoms with Crippen LogP contribution in [0.2, 0.25) is 39.3 Å². The lowest BCUT2D eigenvalue weighted by atomic mass is 9.95. The van der Waals surface area contributed by atoms with Gasteiger partial charge in [-0.15, -0.1) is 45.3 Å². The third kappa shape index (κ3) is 3.95. The average Bonchev–Trinajstić information content (AvgIpc) is 3.43. The van der Waals surface area contributed by atoms with Crippen molar-refractivity contribution in [2.75, 3.05) is 0 Å². The maximum Gasteiger partial charge on any atom is 0.0792 e. The molecule has 5 rings (SSSR count). The first kappa shape index (κ1) is 22.5. The fourth-order valence-corrected chi connectivity index (χ4v) is 12.9. The van der Waals surface area contributed by atoms with Crippen molar-refractivity contribution < 1.29 is 0 Å². The molecule has 0 aliphatic heterocycles. The summed E-state index contributed by atoms with van der Waals surface area (Å²) in [6, 6.07) is 18.2. The topological polar surface area (TPSA) is 0 Å². The average molecular weight is 525 g/mol. The fraction of sp³-hybridized carbons (Fsp3) is 0.231. The zero-order valence-corrected chi connectivity index (χ0v) is 24.7. The van der Waals surface area contributed by atoms with Crippen LogP contribution in [-0.4, -0.2) is 16.1 Å². The molecule has 0 radical (unpaired) electrons. The molecular weight excluding hydrogens is 497 g/mol. The summed E-state index contributed by atoms with van der Waals surface area (Å²) in [5, 5.41) is 7.74. The van der Waals surface area contributed by atoms with Gasteiger partial charge >= 0.3 is 0 Å². The van der Waals surface area contributed by atoms with Crippen molar-refractivity contribution in [3.05, 3.63) is 79.4 Å². The Kier molecular flexibility index (Phi) is 5.75. The third-order valence-corrected chi connectivity index (χ3v) is 14.1. The van der Waals surface area contributed by atoms with Crippen LogP contribution in [0.4, 0.5) is 0 Å². The first-order chi connectivity index (χ1) is 15.1. The van der Waals surface area contributed by atoms with Crippen molar-refractivity contribution in [2.45, 2.75) is 39.3 Å². The van der Waals surface area contributed by atoms with E-state index in [0.717, 1.165) is 0 Å². The van der Waals surface area contributed by atoms with Crippen LogP contribution in [0.15, 0.2) is 69.7 Å². The fourth-order valence-electron chi connectivity index (χ4n) is 4.48. The third-order valence-electron chi connectivity index (χ3n) is 5.73. The molecule has 0 bridgehead atoms. The predicted molar refractivity (Wildman–Crippen MR) is 156 cm³/mol. The summed E-state index contributed by atoms with van der Waals surface area (Å²) in [5.74, 6) is 0. The molecule has 0 atom stereocenters. The number of allylic oxidation sites excluding steroid dienone is 4. The zero-order valence-electron chi connectivity index (χ0n) is 19.4. The van der Waals surface area contributed by atoms with Gasteiger partial charge < -0.3 is 0 Å². The monoisotopic (exact) mass is 524 g/mol. The van der Waals surface area contributed by atoms with Gasteiger partial charge in [-0.1, -0.05) is 51.4 Å². The highest BCUT2D eigenvalue weighted by Crippen LogP contribution is 2.56. The zero-order chi connectivity index (χ0) is 22.7. The molecule has 0 saturated carbocycles. The lowest BCUT2D eigenvalue weighted by molar-refractivity contribution is 1.52. The van der Waals surface area contributed by atoms with Crippen LogP contribution in [0.3, 0.4) is 0 Å². The van der Waals surface area contributed by atoms with E-state index in [-0.39, 0.29) is 0 Å². The largest absolute Gasteiger partial charge is 0.143 e. The summed E-state index contributed by atoms with van der Waals surface area (Å²) in [6.07, 6.45) is 0. The molecule has 4 aromatic rings. The molecule has 0 fully saturated rings. The van der Waals surface area contributed by atoms with Crippen LogP contribution in [0, 0.1) is 0 Å². The maximum absolute atomic E-state index is 2.52. The molecule has 0 N–H and O–H groups in total. The molecule has 0 unspecified atom stereocenters. The molecule has 0 saturated heterocycles. The quantitative estimate of drug-likeness (QED) is 0.220. The van der Waals surface area contributed by atoms with Crippen LogP contribution in [-0.2, 0) is 0 Å². The highest BCUT2D eigenvalue weighted by molar-refractivity contribution is 7.23. The summed E-state index contributed by atoms with van der Waals surface area (Å²) in [7, 11) is -3.08. The number of hydrogen-bond acceptors (Lipinski definition) is 4. The highest BCUT2D eigenvalue weighted by Gasteiger charge is 2.43. The molecule has 6 heteroatoms. The molecule has 0 nitrogen and oxygen atoms in total. The number of hydrogen-bond donors (Lipinski definition) is 0. The number of rotatable bonds is 6. The van der Waals surface area contributed by atoms with E-state index in [1.165, 1.54) is 29.3 Å². The van der Waals surface area contributed by atoms with E-state index >= 15 is 0 Å². The standard InChI is InChI=1S/C26H28S4Si2/c1-31(2,3)25-23(21-13-11-19(29-21)17-9-7-15-27-17)26(32(4,5)6)24(25)22-14-12-20(30-22)18-10-8-16-28-18/h7-16H,1-6H3. The van der Waals surface area contributed by atoms with Gasteiger partial charge in [0.2, 0.25) is 0 Å². The predicted octanol–water partition coefficient (Wildman–Crippen LogP) is 10.2. The van der Waals surface area contributed by atoms with Crippen molar-refractivity contribution in [3.8, 4) is 19.5 Å². The van der Waals surface area contributed by atoms with Gasteiger partial charge in [0.25, 0.3) is 0 Å². The van der Waals surface area contributed by atoms with E-state index in [1.54, 1.807) is 21.5 Å². The Labute approximate surface area is 209 Å². The minimum Gasteiger partial charge on any atom is -0.143 e. The van der Waals surface area contributed by atoms with Crippen molar-refractivity contribution in [2.24, 2.45) is 0 Å². The van der Waals surface area contributed by atoms with Gasteiger partial charge in [0, 0.05) is 29.3 Å². The molecule has 0 aromatic carbocycles. The molecule has 4 heterocycles. The van der Waals surface area contributed by atoms with Crippen LogP contribution >= 0.6 is 45.3 Å². The minimum absolute atomic E-state index is 1.38. The molecule has 32 heavy (non-hydrogen) atoms. The Morgan fingerprint density at radius 1 is 0.469 bits per heavy atom. The van der Waals surface area contributed by atoms with Crippen molar-refractivity contribution >= 4 is 72.6 Å². The second-order valence-electron chi connectivity index (χ2n) is 10.3. The summed E-state index contributed by atoms with van der Waals surface area (Å²) in [6.45, 7) is 15.1. The summed E-state index contributed by atoms with van der Waals surface area (Å²) in [5.41, 5.74) is 3.22. The Hall–Kier alpha value is -1.29. The molecule has 4 aromatic heterocycles. The lowest BCUT2D eigenvalue weighted by Crippen LogP contribution is -2.38.